The summed E-state index contributed by atoms with van der Waals surface area (Å²) in [4.78, 5) is 20.0. The summed E-state index contributed by atoms with van der Waals surface area (Å²) < 4.78 is 20.3. The molecule has 3 heterocycles. The molecule has 1 aliphatic rings. The van der Waals surface area contributed by atoms with Gasteiger partial charge in [-0.15, -0.1) is 11.3 Å². The number of amides is 1. The highest BCUT2D eigenvalue weighted by Crippen LogP contribution is 2.33. The lowest BCUT2D eigenvalue weighted by Gasteiger charge is -2.17. The second kappa shape index (κ2) is 8.24. The number of carbonyl (C=O) groups excluding carboxylic acids is 1. The molecule has 1 fully saturated rings. The van der Waals surface area contributed by atoms with Gasteiger partial charge < -0.3 is 15.0 Å². The summed E-state index contributed by atoms with van der Waals surface area (Å²) in [6.07, 6.45) is 4.15. The third-order valence-corrected chi connectivity index (χ3v) is 6.15. The van der Waals surface area contributed by atoms with Gasteiger partial charge in [0.25, 0.3) is 5.91 Å². The van der Waals surface area contributed by atoms with E-state index in [9.17, 15) is 9.18 Å². The summed E-state index contributed by atoms with van der Waals surface area (Å²) in [6.45, 7) is 2.64. The zero-order chi connectivity index (χ0) is 19.5. The molecule has 0 spiro atoms. The molecule has 0 bridgehead atoms. The molecular formula is C21H22FN3O2S. The first kappa shape index (κ1) is 18.8. The standard InChI is InChI=1S/C21H22FN3O2S/c1-27-13-15-19-16(22)5-4-6-17(19)28-20(15)21(26)24-12-14-7-8-23-18(11-14)25-9-2-3-10-25/h4-8,11H,2-3,9-10,12-13H2,1H3,(H,24,26). The Morgan fingerprint density at radius 1 is 1.32 bits per heavy atom. The SMILES string of the molecule is COCc1c(C(=O)NCc2ccnc(N3CCCC3)c2)sc2cccc(F)c12. The van der Waals surface area contributed by atoms with Gasteiger partial charge in [-0.3, -0.25) is 4.79 Å². The van der Waals surface area contributed by atoms with Crippen LogP contribution in [-0.2, 0) is 17.9 Å². The van der Waals surface area contributed by atoms with Crippen LogP contribution in [0, 0.1) is 5.82 Å². The van der Waals surface area contributed by atoms with E-state index in [0.717, 1.165) is 29.2 Å². The summed E-state index contributed by atoms with van der Waals surface area (Å²) in [5.41, 5.74) is 1.59. The molecule has 0 atom stereocenters. The van der Waals surface area contributed by atoms with Crippen molar-refractivity contribution in [2.45, 2.75) is 26.0 Å². The molecule has 1 amide bonds. The zero-order valence-electron chi connectivity index (χ0n) is 15.7. The van der Waals surface area contributed by atoms with Crippen molar-refractivity contribution in [2.24, 2.45) is 0 Å². The topological polar surface area (TPSA) is 54.5 Å². The molecule has 1 saturated heterocycles. The molecule has 3 aromatic rings. The Morgan fingerprint density at radius 2 is 2.14 bits per heavy atom. The van der Waals surface area contributed by atoms with Gasteiger partial charge >= 0.3 is 0 Å². The van der Waals surface area contributed by atoms with Crippen molar-refractivity contribution in [1.82, 2.24) is 10.3 Å². The van der Waals surface area contributed by atoms with E-state index >= 15 is 0 Å². The molecule has 1 N–H and O–H groups in total. The second-order valence-corrected chi connectivity index (χ2v) is 7.91. The molecule has 4 rings (SSSR count). The van der Waals surface area contributed by atoms with Crippen LogP contribution in [-0.4, -0.2) is 31.1 Å². The second-order valence-electron chi connectivity index (χ2n) is 6.85. The molecule has 0 radical (unpaired) electrons. The van der Waals surface area contributed by atoms with Crippen molar-refractivity contribution < 1.29 is 13.9 Å². The van der Waals surface area contributed by atoms with Gasteiger partial charge in [0.1, 0.15) is 11.6 Å². The first-order valence-electron chi connectivity index (χ1n) is 9.34. The fourth-order valence-electron chi connectivity index (χ4n) is 3.59. The van der Waals surface area contributed by atoms with Gasteiger partial charge in [0.2, 0.25) is 0 Å². The number of hydrogen-bond acceptors (Lipinski definition) is 5. The number of pyridine rings is 1. The number of methoxy groups -OCH3 is 1. The molecule has 146 valence electrons. The van der Waals surface area contributed by atoms with Crippen molar-refractivity contribution in [2.75, 3.05) is 25.1 Å². The van der Waals surface area contributed by atoms with Gasteiger partial charge in [0.15, 0.2) is 0 Å². The van der Waals surface area contributed by atoms with Crippen LogP contribution < -0.4 is 10.2 Å². The molecule has 2 aromatic heterocycles. The van der Waals surface area contributed by atoms with Gasteiger partial charge in [0.05, 0.1) is 11.5 Å². The molecule has 0 unspecified atom stereocenters. The van der Waals surface area contributed by atoms with Gasteiger partial charge in [-0.05, 0) is 42.7 Å². The third-order valence-electron chi connectivity index (χ3n) is 4.95. The Bertz CT molecular complexity index is 998. The summed E-state index contributed by atoms with van der Waals surface area (Å²) in [7, 11) is 1.54. The number of nitrogens with one attached hydrogen (secondary N) is 1. The summed E-state index contributed by atoms with van der Waals surface area (Å²) in [6, 6.07) is 8.81. The summed E-state index contributed by atoms with van der Waals surface area (Å²) >= 11 is 1.29. The van der Waals surface area contributed by atoms with E-state index in [2.05, 4.69) is 15.2 Å². The highest BCUT2D eigenvalue weighted by molar-refractivity contribution is 7.21. The first-order valence-corrected chi connectivity index (χ1v) is 10.2. The van der Waals surface area contributed by atoms with Gasteiger partial charge in [-0.1, -0.05) is 6.07 Å². The number of benzene rings is 1. The normalized spacial score (nSPS) is 14.0. The lowest BCUT2D eigenvalue weighted by molar-refractivity contribution is 0.0950. The zero-order valence-corrected chi connectivity index (χ0v) is 16.5. The Kier molecular flexibility index (Phi) is 5.54. The minimum absolute atomic E-state index is 0.193. The minimum Gasteiger partial charge on any atom is -0.380 e. The van der Waals surface area contributed by atoms with Gasteiger partial charge in [-0.25, -0.2) is 9.37 Å². The van der Waals surface area contributed by atoms with Crippen molar-refractivity contribution in [3.8, 4) is 0 Å². The van der Waals surface area contributed by atoms with E-state index in [-0.39, 0.29) is 18.3 Å². The number of ether oxygens (including phenoxy) is 1. The number of thiophene rings is 1. The number of anilines is 1. The molecular weight excluding hydrogens is 377 g/mol. The number of rotatable bonds is 6. The maximum atomic E-state index is 14.3. The highest BCUT2D eigenvalue weighted by Gasteiger charge is 2.21. The summed E-state index contributed by atoms with van der Waals surface area (Å²) in [5, 5.41) is 3.43. The highest BCUT2D eigenvalue weighted by atomic mass is 32.1. The largest absolute Gasteiger partial charge is 0.380 e. The van der Waals surface area contributed by atoms with Crippen molar-refractivity contribution in [1.29, 1.82) is 0 Å². The summed E-state index contributed by atoms with van der Waals surface area (Å²) in [5.74, 6) is 0.407. The fraction of sp³-hybridized carbons (Fsp3) is 0.333. The lowest BCUT2D eigenvalue weighted by Crippen LogP contribution is -2.24. The number of nitrogens with zero attached hydrogens (tertiary/aromatic N) is 2. The molecule has 0 saturated carbocycles. The minimum atomic E-state index is -0.329. The molecule has 1 aliphatic heterocycles. The molecule has 7 heteroatoms. The Balaban J connectivity index is 1.53. The molecule has 5 nitrogen and oxygen atoms in total. The monoisotopic (exact) mass is 399 g/mol. The van der Waals surface area contributed by atoms with E-state index in [1.165, 1.54) is 30.2 Å². The lowest BCUT2D eigenvalue weighted by atomic mass is 10.1. The van der Waals surface area contributed by atoms with Crippen molar-refractivity contribution in [3.63, 3.8) is 0 Å². The number of carbonyl (C=O) groups is 1. The van der Waals surface area contributed by atoms with Crippen LogP contribution in [0.5, 0.6) is 0 Å². The van der Waals surface area contributed by atoms with Crippen molar-refractivity contribution >= 4 is 33.1 Å². The van der Waals surface area contributed by atoms with Gasteiger partial charge in [-0.2, -0.15) is 0 Å². The fourth-order valence-corrected chi connectivity index (χ4v) is 4.72. The quantitative estimate of drug-likeness (QED) is 0.678. The number of hydrogen-bond donors (Lipinski definition) is 1. The first-order chi connectivity index (χ1) is 13.7. The van der Waals surface area contributed by atoms with Crippen LogP contribution in [0.3, 0.4) is 0 Å². The Morgan fingerprint density at radius 3 is 2.93 bits per heavy atom. The van der Waals surface area contributed by atoms with Crippen molar-refractivity contribution in [3.05, 3.63) is 58.3 Å². The van der Waals surface area contributed by atoms with Crippen LogP contribution in [0.2, 0.25) is 0 Å². The average Bonchev–Trinajstić information content (AvgIpc) is 3.36. The Labute approximate surface area is 167 Å². The van der Waals surface area contributed by atoms with Crippen LogP contribution in [0.1, 0.15) is 33.6 Å². The average molecular weight is 399 g/mol. The van der Waals surface area contributed by atoms with Crippen LogP contribution >= 0.6 is 11.3 Å². The number of halogens is 1. The maximum Gasteiger partial charge on any atom is 0.262 e. The maximum absolute atomic E-state index is 14.3. The third kappa shape index (κ3) is 3.72. The van der Waals surface area contributed by atoms with E-state index in [4.69, 9.17) is 4.74 Å². The smallest absolute Gasteiger partial charge is 0.262 e. The predicted molar refractivity (Wildman–Crippen MR) is 109 cm³/mol. The van der Waals surface area contributed by atoms with E-state index < -0.39 is 0 Å². The number of fused-ring (bicyclic) bond motifs is 1. The van der Waals surface area contributed by atoms with E-state index in [1.54, 1.807) is 19.4 Å². The van der Waals surface area contributed by atoms with Gasteiger partial charge in [0, 0.05) is 48.6 Å². The Hall–Kier alpha value is -2.51. The molecule has 1 aromatic carbocycles. The predicted octanol–water partition coefficient (Wildman–Crippen LogP) is 4.11. The van der Waals surface area contributed by atoms with E-state index in [1.807, 2.05) is 18.2 Å². The molecule has 0 aliphatic carbocycles. The van der Waals surface area contributed by atoms with Crippen LogP contribution in [0.4, 0.5) is 10.2 Å². The molecule has 28 heavy (non-hydrogen) atoms. The van der Waals surface area contributed by atoms with E-state index in [0.29, 0.717) is 22.4 Å². The number of aromatic nitrogens is 1. The van der Waals surface area contributed by atoms with Crippen LogP contribution in [0.15, 0.2) is 36.5 Å². The van der Waals surface area contributed by atoms with Crippen LogP contribution in [0.25, 0.3) is 10.1 Å².